The summed E-state index contributed by atoms with van der Waals surface area (Å²) >= 11 is 0. The summed E-state index contributed by atoms with van der Waals surface area (Å²) in [6, 6.07) is 15.5. The van der Waals surface area contributed by atoms with Crippen molar-refractivity contribution in [1.82, 2.24) is 19.3 Å². The number of hydrogen-bond donors (Lipinski definition) is 1. The first-order chi connectivity index (χ1) is 15.1. The van der Waals surface area contributed by atoms with Gasteiger partial charge >= 0.3 is 0 Å². The highest BCUT2D eigenvalue weighted by Crippen LogP contribution is 2.34. The monoisotopic (exact) mass is 449 g/mol. The molecule has 0 atom stereocenters. The average Bonchev–Trinajstić information content (AvgIpc) is 3.06. The lowest BCUT2D eigenvalue weighted by molar-refractivity contribution is 0.491. The number of fused-ring (bicyclic) bond motifs is 1. The van der Waals surface area contributed by atoms with Crippen LogP contribution in [0.1, 0.15) is 26.3 Å². The number of halogens is 1. The molecule has 7 nitrogen and oxygen atoms in total. The van der Waals surface area contributed by atoms with E-state index >= 15 is 0 Å². The quantitative estimate of drug-likeness (QED) is 0.504. The molecule has 32 heavy (non-hydrogen) atoms. The van der Waals surface area contributed by atoms with Gasteiger partial charge in [-0.05, 0) is 51.1 Å². The Morgan fingerprint density at radius 1 is 1.06 bits per heavy atom. The number of hydrogen-bond acceptors (Lipinski definition) is 5. The Bertz CT molecular complexity index is 1450. The molecule has 0 saturated heterocycles. The van der Waals surface area contributed by atoms with Gasteiger partial charge in [0.15, 0.2) is 0 Å². The summed E-state index contributed by atoms with van der Waals surface area (Å²) in [5, 5.41) is 10.2. The summed E-state index contributed by atoms with van der Waals surface area (Å²) in [6.07, 6.45) is 2.33. The van der Waals surface area contributed by atoms with E-state index in [1.54, 1.807) is 25.3 Å². The van der Waals surface area contributed by atoms with Crippen molar-refractivity contribution in [2.24, 2.45) is 0 Å². The largest absolute Gasteiger partial charge is 0.291 e. The van der Waals surface area contributed by atoms with Crippen molar-refractivity contribution in [3.63, 3.8) is 0 Å². The van der Waals surface area contributed by atoms with Gasteiger partial charge in [-0.2, -0.15) is 5.26 Å². The molecule has 0 aliphatic heterocycles. The summed E-state index contributed by atoms with van der Waals surface area (Å²) in [6.45, 7) is 5.24. The van der Waals surface area contributed by atoms with E-state index in [-0.39, 0.29) is 10.5 Å². The molecule has 0 spiro atoms. The third kappa shape index (κ3) is 3.98. The first-order valence-corrected chi connectivity index (χ1v) is 11.2. The van der Waals surface area contributed by atoms with E-state index in [1.165, 1.54) is 24.4 Å². The molecule has 0 unspecified atom stereocenters. The van der Waals surface area contributed by atoms with Gasteiger partial charge in [0.1, 0.15) is 22.4 Å². The van der Waals surface area contributed by atoms with E-state index in [0.29, 0.717) is 28.1 Å². The summed E-state index contributed by atoms with van der Waals surface area (Å²) in [4.78, 5) is 8.56. The van der Waals surface area contributed by atoms with Crippen LogP contribution < -0.4 is 4.72 Å². The fourth-order valence-corrected chi connectivity index (χ4v) is 4.83. The van der Waals surface area contributed by atoms with Crippen LogP contribution in [-0.2, 0) is 10.0 Å². The zero-order chi connectivity index (χ0) is 23.1. The van der Waals surface area contributed by atoms with Gasteiger partial charge in [0, 0.05) is 22.8 Å². The van der Waals surface area contributed by atoms with Crippen LogP contribution in [0.3, 0.4) is 0 Å². The molecule has 1 aromatic carbocycles. The number of nitrogens with one attached hydrogen (secondary N) is 1. The SMILES string of the molecule is CC(C)(C)NS(=O)(=O)c1ccc(-c2c(C#N)c3cc(F)cnc3n2-c2ccccc2)nc1. The Balaban J connectivity index is 1.94. The zero-order valence-corrected chi connectivity index (χ0v) is 18.5. The van der Waals surface area contributed by atoms with Gasteiger partial charge in [0.2, 0.25) is 10.0 Å². The highest BCUT2D eigenvalue weighted by molar-refractivity contribution is 7.89. The number of benzene rings is 1. The van der Waals surface area contributed by atoms with Gasteiger partial charge in [-0.1, -0.05) is 18.2 Å². The molecule has 0 aliphatic carbocycles. The molecule has 0 aliphatic rings. The molecule has 3 aromatic heterocycles. The maximum atomic E-state index is 13.9. The number of nitriles is 1. The molecule has 1 N–H and O–H groups in total. The summed E-state index contributed by atoms with van der Waals surface area (Å²) in [5.41, 5.74) is 1.42. The summed E-state index contributed by atoms with van der Waals surface area (Å²) in [7, 11) is -3.77. The average molecular weight is 450 g/mol. The highest BCUT2D eigenvalue weighted by atomic mass is 32.2. The molecule has 0 amide bonds. The fourth-order valence-electron chi connectivity index (χ4n) is 3.47. The van der Waals surface area contributed by atoms with Crippen molar-refractivity contribution in [1.29, 1.82) is 5.26 Å². The molecule has 162 valence electrons. The van der Waals surface area contributed by atoms with Crippen LogP contribution in [0.5, 0.6) is 0 Å². The lowest BCUT2D eigenvalue weighted by atomic mass is 10.1. The topological polar surface area (TPSA) is 101 Å². The number of para-hydroxylation sites is 1. The fraction of sp³-hybridized carbons (Fsp3) is 0.174. The van der Waals surface area contributed by atoms with Crippen LogP contribution in [0.4, 0.5) is 4.39 Å². The molecule has 3 heterocycles. The van der Waals surface area contributed by atoms with Crippen molar-refractivity contribution in [2.45, 2.75) is 31.2 Å². The van der Waals surface area contributed by atoms with Crippen LogP contribution in [0.2, 0.25) is 0 Å². The van der Waals surface area contributed by atoms with E-state index in [2.05, 4.69) is 20.8 Å². The predicted molar refractivity (Wildman–Crippen MR) is 119 cm³/mol. The smallest absolute Gasteiger partial charge is 0.242 e. The molecular formula is C23H20FN5O2S. The van der Waals surface area contributed by atoms with E-state index < -0.39 is 21.4 Å². The van der Waals surface area contributed by atoms with Crippen molar-refractivity contribution in [3.8, 4) is 23.1 Å². The Hall–Kier alpha value is -3.61. The number of pyridine rings is 2. The summed E-state index contributed by atoms with van der Waals surface area (Å²) in [5.74, 6) is -0.562. The normalized spacial score (nSPS) is 12.1. The summed E-state index contributed by atoms with van der Waals surface area (Å²) < 4.78 is 43.5. The van der Waals surface area contributed by atoms with Gasteiger partial charge in [0.25, 0.3) is 0 Å². The minimum atomic E-state index is -3.77. The minimum absolute atomic E-state index is 0.00113. The van der Waals surface area contributed by atoms with Gasteiger partial charge in [-0.15, -0.1) is 0 Å². The van der Waals surface area contributed by atoms with E-state index in [4.69, 9.17) is 0 Å². The molecule has 0 bridgehead atoms. The number of rotatable bonds is 4. The van der Waals surface area contributed by atoms with Gasteiger partial charge < -0.3 is 0 Å². The molecule has 0 radical (unpaired) electrons. The maximum absolute atomic E-state index is 13.9. The van der Waals surface area contributed by atoms with Crippen LogP contribution in [0.25, 0.3) is 28.1 Å². The second kappa shape index (κ2) is 7.82. The predicted octanol–water partition coefficient (Wildman–Crippen LogP) is 4.18. The molecule has 4 aromatic rings. The second-order valence-electron chi connectivity index (χ2n) is 8.27. The third-order valence-electron chi connectivity index (χ3n) is 4.63. The molecule has 9 heteroatoms. The Morgan fingerprint density at radius 3 is 2.38 bits per heavy atom. The lowest BCUT2D eigenvalue weighted by Crippen LogP contribution is -2.40. The Kier molecular flexibility index (Phi) is 5.28. The highest BCUT2D eigenvalue weighted by Gasteiger charge is 2.25. The molecule has 0 fully saturated rings. The van der Waals surface area contributed by atoms with Crippen LogP contribution >= 0.6 is 0 Å². The second-order valence-corrected chi connectivity index (χ2v) is 9.95. The van der Waals surface area contributed by atoms with Crippen LogP contribution in [0, 0.1) is 17.1 Å². The van der Waals surface area contributed by atoms with Gasteiger partial charge in [0.05, 0.1) is 23.1 Å². The number of aromatic nitrogens is 3. The maximum Gasteiger partial charge on any atom is 0.242 e. The van der Waals surface area contributed by atoms with E-state index in [0.717, 1.165) is 6.20 Å². The number of sulfonamides is 1. The zero-order valence-electron chi connectivity index (χ0n) is 17.7. The Labute approximate surface area is 185 Å². The van der Waals surface area contributed by atoms with Crippen molar-refractivity contribution < 1.29 is 12.8 Å². The number of nitrogens with zero attached hydrogens (tertiary/aromatic N) is 4. The lowest BCUT2D eigenvalue weighted by Gasteiger charge is -2.20. The Morgan fingerprint density at radius 2 is 1.78 bits per heavy atom. The van der Waals surface area contributed by atoms with Crippen molar-refractivity contribution >= 4 is 21.1 Å². The first-order valence-electron chi connectivity index (χ1n) is 9.76. The minimum Gasteiger partial charge on any atom is -0.291 e. The van der Waals surface area contributed by atoms with Crippen LogP contribution in [-0.4, -0.2) is 28.5 Å². The van der Waals surface area contributed by atoms with Crippen LogP contribution in [0.15, 0.2) is 65.8 Å². The van der Waals surface area contributed by atoms with Gasteiger partial charge in [-0.3, -0.25) is 9.55 Å². The first kappa shape index (κ1) is 21.6. The van der Waals surface area contributed by atoms with Crippen molar-refractivity contribution in [2.75, 3.05) is 0 Å². The van der Waals surface area contributed by atoms with Gasteiger partial charge in [-0.25, -0.2) is 22.5 Å². The van der Waals surface area contributed by atoms with E-state index in [1.807, 2.05) is 30.3 Å². The molecule has 0 saturated carbocycles. The third-order valence-corrected chi connectivity index (χ3v) is 6.37. The standard InChI is InChI=1S/C23H20FN5O2S/c1-23(2,3)28-32(30,31)17-9-10-20(26-14-17)21-19(12-25)18-11-15(24)13-27-22(18)29(21)16-7-5-4-6-8-16/h4-11,13-14,28H,1-3H3. The molecular weight excluding hydrogens is 429 g/mol. The van der Waals surface area contributed by atoms with Crippen molar-refractivity contribution in [3.05, 3.63) is 72.3 Å². The van der Waals surface area contributed by atoms with E-state index in [9.17, 15) is 18.1 Å². The molecule has 4 rings (SSSR count).